The zero-order valence-corrected chi connectivity index (χ0v) is 13.7. The van der Waals surface area contributed by atoms with E-state index in [4.69, 9.17) is 13.9 Å². The van der Waals surface area contributed by atoms with Crippen molar-refractivity contribution in [3.05, 3.63) is 23.7 Å². The van der Waals surface area contributed by atoms with Crippen LogP contribution < -0.4 is 0 Å². The Bertz CT molecular complexity index is 509. The van der Waals surface area contributed by atoms with E-state index in [-0.39, 0.29) is 18.8 Å². The maximum absolute atomic E-state index is 12.1. The molecular weight excluding hydrogens is 288 g/mol. The molecule has 1 heterocycles. The lowest BCUT2D eigenvalue weighted by molar-refractivity contribution is -0.163. The number of rotatable bonds is 6. The number of aliphatic hydroxyl groups excluding tert-OH is 1. The first-order chi connectivity index (χ1) is 10.1. The molecule has 0 bridgehead atoms. The van der Waals surface area contributed by atoms with Gasteiger partial charge < -0.3 is 19.0 Å². The van der Waals surface area contributed by atoms with Crippen LogP contribution in [0.3, 0.4) is 0 Å². The molecule has 124 valence electrons. The molecule has 0 saturated carbocycles. The number of hydrogen-bond acceptors (Lipinski definition) is 6. The molecule has 1 rings (SSSR count). The van der Waals surface area contributed by atoms with E-state index in [0.29, 0.717) is 5.76 Å². The lowest BCUT2D eigenvalue weighted by Gasteiger charge is -2.24. The van der Waals surface area contributed by atoms with Crippen molar-refractivity contribution in [2.75, 3.05) is 6.61 Å². The van der Waals surface area contributed by atoms with Crippen molar-refractivity contribution in [1.29, 1.82) is 0 Å². The molecule has 0 aromatic carbocycles. The average Bonchev–Trinajstić information content (AvgIpc) is 2.82. The number of carbonyl (C=O) groups excluding carboxylic acids is 2. The Balaban J connectivity index is 2.80. The molecular formula is C16H24O6. The third kappa shape index (κ3) is 5.52. The summed E-state index contributed by atoms with van der Waals surface area (Å²) in [5, 5.41) is 9.81. The van der Waals surface area contributed by atoms with Crippen molar-refractivity contribution in [1.82, 2.24) is 0 Å². The summed E-state index contributed by atoms with van der Waals surface area (Å²) in [5.41, 5.74) is -0.635. The van der Waals surface area contributed by atoms with Gasteiger partial charge in [-0.2, -0.15) is 0 Å². The monoisotopic (exact) mass is 312 g/mol. The molecule has 0 amide bonds. The Morgan fingerprint density at radius 1 is 1.32 bits per heavy atom. The second-order valence-corrected chi connectivity index (χ2v) is 6.07. The summed E-state index contributed by atoms with van der Waals surface area (Å²) < 4.78 is 15.5. The lowest BCUT2D eigenvalue weighted by Crippen LogP contribution is -2.35. The molecule has 0 saturated heterocycles. The van der Waals surface area contributed by atoms with E-state index in [1.165, 1.54) is 13.0 Å². The Morgan fingerprint density at radius 2 is 1.95 bits per heavy atom. The van der Waals surface area contributed by atoms with E-state index < -0.39 is 29.6 Å². The van der Waals surface area contributed by atoms with Crippen LogP contribution in [0.4, 0.5) is 0 Å². The predicted octanol–water partition coefficient (Wildman–Crippen LogP) is 2.34. The summed E-state index contributed by atoms with van der Waals surface area (Å²) in [6.45, 7) is 8.75. The molecule has 0 radical (unpaired) electrons. The van der Waals surface area contributed by atoms with E-state index >= 15 is 0 Å². The maximum atomic E-state index is 12.1. The molecule has 0 aliphatic rings. The van der Waals surface area contributed by atoms with E-state index in [1.54, 1.807) is 33.8 Å². The van der Waals surface area contributed by atoms with Gasteiger partial charge in [-0.1, -0.05) is 0 Å². The Labute approximate surface area is 130 Å². The van der Waals surface area contributed by atoms with E-state index in [2.05, 4.69) is 0 Å². The first-order valence-corrected chi connectivity index (χ1v) is 7.30. The molecule has 22 heavy (non-hydrogen) atoms. The summed E-state index contributed by atoms with van der Waals surface area (Å²) in [5.74, 6) is -1.33. The first-order valence-electron chi connectivity index (χ1n) is 7.30. The Kier molecular flexibility index (Phi) is 6.17. The molecule has 1 aromatic heterocycles. The minimum atomic E-state index is -0.897. The van der Waals surface area contributed by atoms with Gasteiger partial charge in [0.1, 0.15) is 11.4 Å². The summed E-state index contributed by atoms with van der Waals surface area (Å²) in [6.07, 6.45) is -0.752. The highest BCUT2D eigenvalue weighted by molar-refractivity contribution is 5.86. The number of esters is 2. The molecule has 1 N–H and O–H groups in total. The topological polar surface area (TPSA) is 86.0 Å². The number of furan rings is 1. The molecule has 6 heteroatoms. The fraction of sp³-hybridized carbons (Fsp3) is 0.625. The fourth-order valence-corrected chi connectivity index (χ4v) is 1.84. The largest absolute Gasteiger partial charge is 0.460 e. The van der Waals surface area contributed by atoms with Crippen molar-refractivity contribution < 1.29 is 28.6 Å². The van der Waals surface area contributed by atoms with Crippen LogP contribution in [-0.2, 0) is 20.7 Å². The number of hydrogen-bond donors (Lipinski definition) is 1. The maximum Gasteiger partial charge on any atom is 0.374 e. The number of aliphatic hydroxyl groups is 1. The third-order valence-corrected chi connectivity index (χ3v) is 2.85. The van der Waals surface area contributed by atoms with E-state index in [9.17, 15) is 14.7 Å². The van der Waals surface area contributed by atoms with Crippen LogP contribution in [0.1, 0.15) is 50.9 Å². The van der Waals surface area contributed by atoms with Crippen LogP contribution in [-0.4, -0.2) is 35.4 Å². The summed E-state index contributed by atoms with van der Waals surface area (Å²) in [7, 11) is 0. The molecule has 2 atom stereocenters. The first kappa shape index (κ1) is 18.2. The quantitative estimate of drug-likeness (QED) is 0.811. The van der Waals surface area contributed by atoms with Crippen molar-refractivity contribution in [2.45, 2.75) is 52.7 Å². The molecule has 0 spiro atoms. The van der Waals surface area contributed by atoms with Gasteiger partial charge in [-0.05, 0) is 46.8 Å². The number of carbonyl (C=O) groups is 2. The molecule has 0 fully saturated rings. The van der Waals surface area contributed by atoms with Gasteiger partial charge in [-0.15, -0.1) is 0 Å². The second-order valence-electron chi connectivity index (χ2n) is 6.07. The summed E-state index contributed by atoms with van der Waals surface area (Å²) in [4.78, 5) is 23.7. The predicted molar refractivity (Wildman–Crippen MR) is 79.4 cm³/mol. The minimum absolute atomic E-state index is 0.0744. The van der Waals surface area contributed by atoms with Crippen LogP contribution in [0.2, 0.25) is 0 Å². The highest BCUT2D eigenvalue weighted by Gasteiger charge is 2.30. The van der Waals surface area contributed by atoms with Crippen LogP contribution in [0, 0.1) is 5.92 Å². The van der Waals surface area contributed by atoms with Crippen molar-refractivity contribution in [2.24, 2.45) is 5.92 Å². The zero-order chi connectivity index (χ0) is 16.9. The van der Waals surface area contributed by atoms with Crippen LogP contribution in [0.25, 0.3) is 0 Å². The fourth-order valence-electron chi connectivity index (χ4n) is 1.84. The molecule has 0 aliphatic carbocycles. The van der Waals surface area contributed by atoms with Crippen molar-refractivity contribution in [3.63, 3.8) is 0 Å². The molecule has 0 aliphatic heterocycles. The van der Waals surface area contributed by atoms with Crippen LogP contribution in [0.5, 0.6) is 0 Å². The van der Waals surface area contributed by atoms with Gasteiger partial charge in [-0.3, -0.25) is 4.79 Å². The van der Waals surface area contributed by atoms with Gasteiger partial charge in [0.25, 0.3) is 0 Å². The van der Waals surface area contributed by atoms with Gasteiger partial charge in [0, 0.05) is 6.42 Å². The van der Waals surface area contributed by atoms with E-state index in [0.717, 1.165) is 0 Å². The zero-order valence-electron chi connectivity index (χ0n) is 13.7. The van der Waals surface area contributed by atoms with Crippen molar-refractivity contribution in [3.8, 4) is 0 Å². The molecule has 6 nitrogen and oxygen atoms in total. The summed E-state index contributed by atoms with van der Waals surface area (Å²) >= 11 is 0. The molecule has 2 unspecified atom stereocenters. The normalized spacial score (nSPS) is 14.3. The van der Waals surface area contributed by atoms with E-state index in [1.807, 2.05) is 0 Å². The van der Waals surface area contributed by atoms with Gasteiger partial charge in [0.15, 0.2) is 0 Å². The van der Waals surface area contributed by atoms with Gasteiger partial charge in [0.05, 0.1) is 18.6 Å². The van der Waals surface area contributed by atoms with Crippen molar-refractivity contribution >= 4 is 11.9 Å². The molecule has 1 aromatic rings. The highest BCUT2D eigenvalue weighted by Crippen LogP contribution is 2.20. The SMILES string of the molecule is CCOC(=O)c1ccc(CC(C(=O)OC(C)(C)C)C(C)O)o1. The smallest absolute Gasteiger partial charge is 0.374 e. The van der Waals surface area contributed by atoms with Gasteiger partial charge >= 0.3 is 11.9 Å². The Morgan fingerprint density at radius 3 is 2.45 bits per heavy atom. The van der Waals surface area contributed by atoms with Crippen LogP contribution >= 0.6 is 0 Å². The number of ether oxygens (including phenoxy) is 2. The van der Waals surface area contributed by atoms with Gasteiger partial charge in [-0.25, -0.2) is 4.79 Å². The van der Waals surface area contributed by atoms with Crippen LogP contribution in [0.15, 0.2) is 16.5 Å². The summed E-state index contributed by atoms with van der Waals surface area (Å²) in [6, 6.07) is 3.08. The highest BCUT2D eigenvalue weighted by atomic mass is 16.6. The average molecular weight is 312 g/mol. The lowest BCUT2D eigenvalue weighted by atomic mass is 9.98. The van der Waals surface area contributed by atoms with Gasteiger partial charge in [0.2, 0.25) is 5.76 Å². The second kappa shape index (κ2) is 7.45. The minimum Gasteiger partial charge on any atom is -0.460 e. The third-order valence-electron chi connectivity index (χ3n) is 2.85. The standard InChI is InChI=1S/C16H24O6/c1-6-20-15(19)13-8-7-11(21-13)9-12(10(2)17)14(18)22-16(3,4)5/h7-8,10,12,17H,6,9H2,1-5H3. The Hall–Kier alpha value is -1.82.